The number of nitrogens with two attached hydrogens (primary N) is 1. The molecule has 1 fully saturated rings. The van der Waals surface area contributed by atoms with Crippen LogP contribution in [0.2, 0.25) is 0 Å². The second-order valence-corrected chi connectivity index (χ2v) is 6.19. The summed E-state index contributed by atoms with van der Waals surface area (Å²) in [6, 6.07) is 9.67. The number of fused-ring (bicyclic) bond motifs is 1. The Balaban J connectivity index is 1.68. The van der Waals surface area contributed by atoms with E-state index in [2.05, 4.69) is 39.4 Å². The summed E-state index contributed by atoms with van der Waals surface area (Å²) >= 11 is 3.50. The predicted molar refractivity (Wildman–Crippen MR) is 77.8 cm³/mol. The van der Waals surface area contributed by atoms with Crippen LogP contribution in [0.4, 0.5) is 0 Å². The molecule has 1 heterocycles. The van der Waals surface area contributed by atoms with Crippen molar-refractivity contribution in [2.75, 3.05) is 0 Å². The van der Waals surface area contributed by atoms with Crippen LogP contribution < -0.4 is 11.1 Å². The third-order valence-electron chi connectivity index (χ3n) is 3.79. The number of halogens is 1. The molecule has 0 aromatic heterocycles. The van der Waals surface area contributed by atoms with Crippen molar-refractivity contribution in [2.45, 2.75) is 43.8 Å². The average Bonchev–Trinajstić information content (AvgIpc) is 2.70. The van der Waals surface area contributed by atoms with Crippen LogP contribution in [-0.2, 0) is 6.42 Å². The number of nitrogens with zero attached hydrogens (tertiary/aromatic N) is 1. The molecule has 2 aliphatic rings. The van der Waals surface area contributed by atoms with Gasteiger partial charge in [0, 0.05) is 16.9 Å². The van der Waals surface area contributed by atoms with Crippen LogP contribution in [0.25, 0.3) is 0 Å². The van der Waals surface area contributed by atoms with Gasteiger partial charge in [-0.25, -0.2) is 0 Å². The molecule has 1 aromatic carbocycles. The van der Waals surface area contributed by atoms with Gasteiger partial charge in [-0.15, -0.1) is 0 Å². The van der Waals surface area contributed by atoms with Gasteiger partial charge in [0.1, 0.15) is 5.84 Å². The Morgan fingerprint density at radius 3 is 3.11 bits per heavy atom. The smallest absolute Gasteiger partial charge is 0.101 e. The fourth-order valence-electron chi connectivity index (χ4n) is 2.89. The van der Waals surface area contributed by atoms with E-state index in [9.17, 15) is 0 Å². The second-order valence-electron chi connectivity index (χ2n) is 5.27. The van der Waals surface area contributed by atoms with Crippen molar-refractivity contribution in [2.24, 2.45) is 10.7 Å². The molecular formula is C14H18BrN3. The Kier molecular flexibility index (Phi) is 3.39. The predicted octanol–water partition coefficient (Wildman–Crippen LogP) is 2.24. The molecule has 3 unspecified atom stereocenters. The summed E-state index contributed by atoms with van der Waals surface area (Å²) in [4.78, 5) is 4.80. The van der Waals surface area contributed by atoms with Gasteiger partial charge >= 0.3 is 0 Å². The van der Waals surface area contributed by atoms with Gasteiger partial charge in [0.25, 0.3) is 0 Å². The molecule has 3 atom stereocenters. The first-order chi connectivity index (χ1) is 8.70. The molecule has 3 rings (SSSR count). The zero-order valence-electron chi connectivity index (χ0n) is 10.3. The Labute approximate surface area is 116 Å². The largest absolute Gasteiger partial charge is 0.369 e. The molecule has 1 aliphatic carbocycles. The van der Waals surface area contributed by atoms with Crippen molar-refractivity contribution in [1.29, 1.82) is 0 Å². The monoisotopic (exact) mass is 307 g/mol. The van der Waals surface area contributed by atoms with E-state index >= 15 is 0 Å². The van der Waals surface area contributed by atoms with Crippen LogP contribution in [0, 0.1) is 0 Å². The molecule has 0 spiro atoms. The summed E-state index contributed by atoms with van der Waals surface area (Å²) < 4.78 is 1.12. The summed E-state index contributed by atoms with van der Waals surface area (Å²) in [5.41, 5.74) is 7.30. The standard InChI is InChI=1S/C14H18BrN3/c15-10-3-1-2-9(6-10)7-14-17-12-5-4-11(16)8-13(12)18-14/h1-3,6,11-13H,4-5,7-8,16H2,(H,17,18). The van der Waals surface area contributed by atoms with Gasteiger partial charge in [-0.2, -0.15) is 0 Å². The number of rotatable bonds is 2. The van der Waals surface area contributed by atoms with Crippen molar-refractivity contribution >= 4 is 21.8 Å². The Morgan fingerprint density at radius 2 is 2.28 bits per heavy atom. The minimum Gasteiger partial charge on any atom is -0.369 e. The molecule has 0 saturated heterocycles. The number of hydrogen-bond acceptors (Lipinski definition) is 3. The lowest BCUT2D eigenvalue weighted by atomic mass is 9.88. The maximum atomic E-state index is 6.01. The Hall–Kier alpha value is -0.870. The SMILES string of the molecule is NC1CCC2N=C(Cc3cccc(Br)c3)NC2C1. The first-order valence-electron chi connectivity index (χ1n) is 6.54. The van der Waals surface area contributed by atoms with E-state index in [1.807, 2.05) is 6.07 Å². The minimum absolute atomic E-state index is 0.346. The van der Waals surface area contributed by atoms with E-state index in [4.69, 9.17) is 10.7 Å². The molecule has 4 heteroatoms. The molecule has 3 nitrogen and oxygen atoms in total. The number of aliphatic imine (C=N–C) groups is 1. The van der Waals surface area contributed by atoms with Gasteiger partial charge in [-0.3, -0.25) is 4.99 Å². The Morgan fingerprint density at radius 1 is 1.39 bits per heavy atom. The Bertz CT molecular complexity index is 472. The van der Waals surface area contributed by atoms with Crippen LogP contribution in [0.1, 0.15) is 24.8 Å². The highest BCUT2D eigenvalue weighted by Crippen LogP contribution is 2.25. The van der Waals surface area contributed by atoms with Crippen LogP contribution in [-0.4, -0.2) is 24.0 Å². The van der Waals surface area contributed by atoms with Crippen molar-refractivity contribution in [3.8, 4) is 0 Å². The third kappa shape index (κ3) is 2.59. The number of nitrogens with one attached hydrogen (secondary N) is 1. The van der Waals surface area contributed by atoms with Gasteiger partial charge in [-0.1, -0.05) is 28.1 Å². The van der Waals surface area contributed by atoms with E-state index in [0.717, 1.165) is 36.0 Å². The van der Waals surface area contributed by atoms with E-state index in [0.29, 0.717) is 18.1 Å². The molecule has 1 saturated carbocycles. The normalized spacial score (nSPS) is 30.6. The molecule has 96 valence electrons. The molecule has 1 aromatic rings. The molecule has 0 radical (unpaired) electrons. The summed E-state index contributed by atoms with van der Waals surface area (Å²) in [6.45, 7) is 0. The van der Waals surface area contributed by atoms with Crippen molar-refractivity contribution in [1.82, 2.24) is 5.32 Å². The van der Waals surface area contributed by atoms with Gasteiger partial charge in [-0.05, 0) is 37.0 Å². The molecule has 18 heavy (non-hydrogen) atoms. The highest BCUT2D eigenvalue weighted by atomic mass is 79.9. The number of amidine groups is 1. The van der Waals surface area contributed by atoms with Gasteiger partial charge < -0.3 is 11.1 Å². The highest BCUT2D eigenvalue weighted by Gasteiger charge is 2.33. The van der Waals surface area contributed by atoms with E-state index < -0.39 is 0 Å². The van der Waals surface area contributed by atoms with Crippen molar-refractivity contribution in [3.05, 3.63) is 34.3 Å². The summed E-state index contributed by atoms with van der Waals surface area (Å²) in [5, 5.41) is 3.55. The fourth-order valence-corrected chi connectivity index (χ4v) is 3.33. The topological polar surface area (TPSA) is 50.4 Å². The first-order valence-corrected chi connectivity index (χ1v) is 7.33. The molecule has 3 N–H and O–H groups in total. The summed E-state index contributed by atoms with van der Waals surface area (Å²) in [6.07, 6.45) is 4.18. The third-order valence-corrected chi connectivity index (χ3v) is 4.28. The number of benzene rings is 1. The van der Waals surface area contributed by atoms with E-state index in [-0.39, 0.29) is 0 Å². The number of hydrogen-bond donors (Lipinski definition) is 2. The lowest BCUT2D eigenvalue weighted by molar-refractivity contribution is 0.347. The van der Waals surface area contributed by atoms with Gasteiger partial charge in [0.2, 0.25) is 0 Å². The van der Waals surface area contributed by atoms with Crippen molar-refractivity contribution in [3.63, 3.8) is 0 Å². The quantitative estimate of drug-likeness (QED) is 0.880. The highest BCUT2D eigenvalue weighted by molar-refractivity contribution is 9.10. The zero-order valence-corrected chi connectivity index (χ0v) is 11.9. The maximum Gasteiger partial charge on any atom is 0.101 e. The lowest BCUT2D eigenvalue weighted by Crippen LogP contribution is -2.44. The fraction of sp³-hybridized carbons (Fsp3) is 0.500. The summed E-state index contributed by atoms with van der Waals surface area (Å²) in [5.74, 6) is 1.12. The molecule has 0 bridgehead atoms. The van der Waals surface area contributed by atoms with Crippen LogP contribution >= 0.6 is 15.9 Å². The van der Waals surface area contributed by atoms with Gasteiger partial charge in [0.15, 0.2) is 0 Å². The van der Waals surface area contributed by atoms with Gasteiger partial charge in [0.05, 0.1) is 12.1 Å². The average molecular weight is 308 g/mol. The first kappa shape index (κ1) is 12.2. The zero-order chi connectivity index (χ0) is 12.5. The molecule has 1 aliphatic heterocycles. The van der Waals surface area contributed by atoms with Crippen LogP contribution in [0.5, 0.6) is 0 Å². The molecular weight excluding hydrogens is 290 g/mol. The molecule has 0 amide bonds. The van der Waals surface area contributed by atoms with Crippen LogP contribution in [0.15, 0.2) is 33.7 Å². The minimum atomic E-state index is 0.346. The van der Waals surface area contributed by atoms with E-state index in [1.165, 1.54) is 5.56 Å². The second kappa shape index (κ2) is 5.02. The maximum absolute atomic E-state index is 6.01. The summed E-state index contributed by atoms with van der Waals surface area (Å²) in [7, 11) is 0. The van der Waals surface area contributed by atoms with E-state index in [1.54, 1.807) is 0 Å². The van der Waals surface area contributed by atoms with Crippen molar-refractivity contribution < 1.29 is 0 Å². The lowest BCUT2D eigenvalue weighted by Gasteiger charge is -2.28. The van der Waals surface area contributed by atoms with Crippen LogP contribution in [0.3, 0.4) is 0 Å².